The number of benzene rings is 1. The van der Waals surface area contributed by atoms with Gasteiger partial charge in [0, 0.05) is 10.5 Å². The molecule has 0 unspecified atom stereocenters. The Bertz CT molecular complexity index is 357. The maximum absolute atomic E-state index is 11.2. The van der Waals surface area contributed by atoms with Crippen LogP contribution in [0.3, 0.4) is 0 Å². The fraction of sp³-hybridized carbons (Fsp3) is 0.417. The quantitative estimate of drug-likeness (QED) is 0.656. The van der Waals surface area contributed by atoms with Crippen LogP contribution in [-0.2, 0) is 6.42 Å². The van der Waals surface area contributed by atoms with Crippen LogP contribution in [0, 0.1) is 0 Å². The van der Waals surface area contributed by atoms with Gasteiger partial charge in [-0.3, -0.25) is 4.79 Å². The average Bonchev–Trinajstić information content (AvgIpc) is 2.41. The van der Waals surface area contributed by atoms with Crippen molar-refractivity contribution in [2.75, 3.05) is 5.75 Å². The van der Waals surface area contributed by atoms with Crippen LogP contribution in [0.5, 0.6) is 0 Å². The van der Waals surface area contributed by atoms with Crippen LogP contribution in [0.15, 0.2) is 23.1 Å². The van der Waals surface area contributed by atoms with E-state index in [1.165, 1.54) is 35.5 Å². The van der Waals surface area contributed by atoms with E-state index in [-0.39, 0.29) is 5.78 Å². The molecule has 0 aromatic heterocycles. The number of hydrogen-bond donors (Lipinski definition) is 0. The van der Waals surface area contributed by atoms with Gasteiger partial charge in [0.25, 0.3) is 0 Å². The number of rotatable bonds is 1. The Kier molecular flexibility index (Phi) is 2.92. The summed E-state index contributed by atoms with van der Waals surface area (Å²) < 4.78 is 0. The second kappa shape index (κ2) is 4.18. The van der Waals surface area contributed by atoms with Crippen molar-refractivity contribution in [3.63, 3.8) is 0 Å². The van der Waals surface area contributed by atoms with Crippen molar-refractivity contribution in [3.05, 3.63) is 29.3 Å². The Hall–Kier alpha value is -0.760. The van der Waals surface area contributed by atoms with Crippen LogP contribution in [-0.4, -0.2) is 11.5 Å². The smallest absolute Gasteiger partial charge is 0.159 e. The molecule has 0 N–H and O–H groups in total. The lowest BCUT2D eigenvalue weighted by Gasteiger charge is -2.05. The third-order valence-electron chi connectivity index (χ3n) is 2.57. The zero-order chi connectivity index (χ0) is 9.97. The molecule has 0 spiro atoms. The van der Waals surface area contributed by atoms with Crippen molar-refractivity contribution < 1.29 is 4.79 Å². The molecule has 0 saturated carbocycles. The Balaban J connectivity index is 2.37. The number of ketones is 1. The summed E-state index contributed by atoms with van der Waals surface area (Å²) in [6, 6.07) is 6.12. The second-order valence-corrected chi connectivity index (χ2v) is 4.82. The molecule has 1 aliphatic heterocycles. The van der Waals surface area contributed by atoms with Gasteiger partial charge < -0.3 is 0 Å². The van der Waals surface area contributed by atoms with E-state index in [9.17, 15) is 4.79 Å². The Morgan fingerprint density at radius 2 is 2.21 bits per heavy atom. The van der Waals surface area contributed by atoms with Crippen molar-refractivity contribution in [1.29, 1.82) is 0 Å². The highest BCUT2D eigenvalue weighted by Gasteiger charge is 2.10. The third kappa shape index (κ3) is 2.01. The molecular weight excluding hydrogens is 192 g/mol. The SMILES string of the molecule is CC(=O)c1ccc2c(c1)SCCCC2. The fourth-order valence-electron chi connectivity index (χ4n) is 1.71. The minimum Gasteiger partial charge on any atom is -0.295 e. The Labute approximate surface area is 88.9 Å². The van der Waals surface area contributed by atoms with Gasteiger partial charge in [-0.15, -0.1) is 11.8 Å². The molecule has 1 heterocycles. The first-order chi connectivity index (χ1) is 6.77. The van der Waals surface area contributed by atoms with E-state index >= 15 is 0 Å². The first kappa shape index (κ1) is 9.78. The number of thioether (sulfide) groups is 1. The van der Waals surface area contributed by atoms with Crippen LogP contribution in [0.2, 0.25) is 0 Å². The van der Waals surface area contributed by atoms with E-state index in [1.54, 1.807) is 6.92 Å². The monoisotopic (exact) mass is 206 g/mol. The molecule has 0 amide bonds. The number of carbonyl (C=O) groups is 1. The fourth-order valence-corrected chi connectivity index (χ4v) is 2.85. The minimum atomic E-state index is 0.164. The molecule has 0 bridgehead atoms. The van der Waals surface area contributed by atoms with E-state index in [1.807, 2.05) is 23.9 Å². The van der Waals surface area contributed by atoms with Gasteiger partial charge in [-0.25, -0.2) is 0 Å². The van der Waals surface area contributed by atoms with E-state index in [4.69, 9.17) is 0 Å². The molecule has 0 aliphatic carbocycles. The molecule has 14 heavy (non-hydrogen) atoms. The summed E-state index contributed by atoms with van der Waals surface area (Å²) in [5.41, 5.74) is 2.26. The summed E-state index contributed by atoms with van der Waals surface area (Å²) in [6.07, 6.45) is 3.73. The normalized spacial score (nSPS) is 15.8. The zero-order valence-electron chi connectivity index (χ0n) is 8.38. The number of hydrogen-bond acceptors (Lipinski definition) is 2. The molecule has 1 nitrogen and oxygen atoms in total. The van der Waals surface area contributed by atoms with Crippen LogP contribution in [0.4, 0.5) is 0 Å². The van der Waals surface area contributed by atoms with Gasteiger partial charge in [-0.2, -0.15) is 0 Å². The van der Waals surface area contributed by atoms with Crippen molar-refractivity contribution in [1.82, 2.24) is 0 Å². The van der Waals surface area contributed by atoms with Gasteiger partial charge in [0.15, 0.2) is 5.78 Å². The van der Waals surface area contributed by atoms with E-state index in [0.717, 1.165) is 5.56 Å². The van der Waals surface area contributed by atoms with E-state index in [0.29, 0.717) is 0 Å². The zero-order valence-corrected chi connectivity index (χ0v) is 9.19. The molecule has 2 heteroatoms. The third-order valence-corrected chi connectivity index (χ3v) is 3.76. The van der Waals surface area contributed by atoms with Crippen molar-refractivity contribution in [2.24, 2.45) is 0 Å². The largest absolute Gasteiger partial charge is 0.295 e. The highest BCUT2D eigenvalue weighted by atomic mass is 32.2. The van der Waals surface area contributed by atoms with Gasteiger partial charge in [0.2, 0.25) is 0 Å². The Morgan fingerprint density at radius 3 is 3.00 bits per heavy atom. The van der Waals surface area contributed by atoms with Gasteiger partial charge in [-0.1, -0.05) is 12.1 Å². The van der Waals surface area contributed by atoms with E-state index < -0.39 is 0 Å². The standard InChI is InChI=1S/C12H14OS/c1-9(13)11-6-5-10-4-2-3-7-14-12(10)8-11/h5-6,8H,2-4,7H2,1H3. The van der Waals surface area contributed by atoms with Crippen LogP contribution >= 0.6 is 11.8 Å². The molecule has 1 aromatic rings. The molecule has 74 valence electrons. The second-order valence-electron chi connectivity index (χ2n) is 3.68. The van der Waals surface area contributed by atoms with E-state index in [2.05, 4.69) is 6.07 Å². The molecule has 1 aromatic carbocycles. The molecule has 0 radical (unpaired) electrons. The van der Waals surface area contributed by atoms with Crippen molar-refractivity contribution in [2.45, 2.75) is 31.1 Å². The van der Waals surface area contributed by atoms with Crippen LogP contribution in [0.1, 0.15) is 35.7 Å². The number of aryl methyl sites for hydroxylation is 1. The summed E-state index contributed by atoms with van der Waals surface area (Å²) >= 11 is 1.89. The topological polar surface area (TPSA) is 17.1 Å². The molecule has 0 atom stereocenters. The summed E-state index contributed by atoms with van der Waals surface area (Å²) in [7, 11) is 0. The lowest BCUT2D eigenvalue weighted by molar-refractivity contribution is 0.101. The van der Waals surface area contributed by atoms with Gasteiger partial charge in [0.1, 0.15) is 0 Å². The molecule has 2 rings (SSSR count). The van der Waals surface area contributed by atoms with Gasteiger partial charge in [-0.05, 0) is 43.6 Å². The molecule has 0 fully saturated rings. The Morgan fingerprint density at radius 1 is 1.36 bits per heavy atom. The lowest BCUT2D eigenvalue weighted by atomic mass is 10.0. The molecule has 1 aliphatic rings. The number of fused-ring (bicyclic) bond motifs is 1. The first-order valence-corrected chi connectivity index (χ1v) is 6.02. The molecular formula is C12H14OS. The summed E-state index contributed by atoms with van der Waals surface area (Å²) in [4.78, 5) is 12.5. The van der Waals surface area contributed by atoms with Crippen LogP contribution in [0.25, 0.3) is 0 Å². The van der Waals surface area contributed by atoms with Crippen LogP contribution < -0.4 is 0 Å². The lowest BCUT2D eigenvalue weighted by Crippen LogP contribution is -1.94. The predicted octanol–water partition coefficient (Wildman–Crippen LogP) is 3.32. The number of carbonyl (C=O) groups excluding carboxylic acids is 1. The van der Waals surface area contributed by atoms with Gasteiger partial charge in [0.05, 0.1) is 0 Å². The average molecular weight is 206 g/mol. The first-order valence-electron chi connectivity index (χ1n) is 5.04. The van der Waals surface area contributed by atoms with Crippen molar-refractivity contribution in [3.8, 4) is 0 Å². The molecule has 0 saturated heterocycles. The maximum Gasteiger partial charge on any atom is 0.159 e. The highest BCUT2D eigenvalue weighted by molar-refractivity contribution is 7.99. The summed E-state index contributed by atoms with van der Waals surface area (Å²) in [5, 5.41) is 0. The van der Waals surface area contributed by atoms with Crippen molar-refractivity contribution >= 4 is 17.5 Å². The summed E-state index contributed by atoms with van der Waals surface area (Å²) in [5.74, 6) is 1.35. The number of Topliss-reactive ketones (excluding diaryl/α,β-unsaturated/α-hetero) is 1. The maximum atomic E-state index is 11.2. The highest BCUT2D eigenvalue weighted by Crippen LogP contribution is 2.29. The minimum absolute atomic E-state index is 0.164. The van der Waals surface area contributed by atoms with Gasteiger partial charge >= 0.3 is 0 Å². The predicted molar refractivity (Wildman–Crippen MR) is 60.1 cm³/mol. The summed E-state index contributed by atoms with van der Waals surface area (Å²) in [6.45, 7) is 1.63.